The fourth-order valence-electron chi connectivity index (χ4n) is 1.15. The van der Waals surface area contributed by atoms with Crippen LogP contribution in [-0.2, 0) is 0 Å². The van der Waals surface area contributed by atoms with Crippen LogP contribution in [0.2, 0.25) is 0 Å². The zero-order valence-corrected chi connectivity index (χ0v) is 7.83. The van der Waals surface area contributed by atoms with E-state index < -0.39 is 6.10 Å². The average Bonchev–Trinajstić information content (AvgIpc) is 2.68. The van der Waals surface area contributed by atoms with E-state index in [0.717, 1.165) is 5.69 Å². The normalized spacial score (nSPS) is 12.7. The molecule has 0 spiro atoms. The minimum atomic E-state index is -0.576. The zero-order valence-electron chi connectivity index (χ0n) is 7.83. The number of hydrogen-bond acceptors (Lipinski definition) is 3. The predicted molar refractivity (Wildman–Crippen MR) is 52.0 cm³/mol. The SMILES string of the molecule is C[C@H](O)c1cnn(-c2ccccc2)n1. The summed E-state index contributed by atoms with van der Waals surface area (Å²) in [6.45, 7) is 1.67. The molecule has 1 atom stereocenters. The third-order valence-electron chi connectivity index (χ3n) is 1.92. The lowest BCUT2D eigenvalue weighted by Gasteiger charge is -1.98. The van der Waals surface area contributed by atoms with Crippen molar-refractivity contribution in [2.45, 2.75) is 13.0 Å². The molecule has 0 aliphatic rings. The van der Waals surface area contributed by atoms with Gasteiger partial charge in [0.2, 0.25) is 0 Å². The summed E-state index contributed by atoms with van der Waals surface area (Å²) in [5.41, 5.74) is 1.47. The summed E-state index contributed by atoms with van der Waals surface area (Å²) in [6.07, 6.45) is 0.991. The van der Waals surface area contributed by atoms with Crippen LogP contribution in [0, 0.1) is 0 Å². The monoisotopic (exact) mass is 189 g/mol. The highest BCUT2D eigenvalue weighted by atomic mass is 16.3. The smallest absolute Gasteiger partial charge is 0.111 e. The lowest BCUT2D eigenvalue weighted by Crippen LogP contribution is -1.99. The molecule has 0 saturated heterocycles. The molecule has 1 N–H and O–H groups in total. The van der Waals surface area contributed by atoms with Crippen molar-refractivity contribution in [3.8, 4) is 5.69 Å². The second-order valence-electron chi connectivity index (χ2n) is 3.07. The summed E-state index contributed by atoms with van der Waals surface area (Å²) >= 11 is 0. The molecule has 0 radical (unpaired) electrons. The van der Waals surface area contributed by atoms with Crippen molar-refractivity contribution < 1.29 is 5.11 Å². The number of nitrogens with zero attached hydrogens (tertiary/aromatic N) is 3. The maximum absolute atomic E-state index is 9.27. The van der Waals surface area contributed by atoms with E-state index in [2.05, 4.69) is 10.2 Å². The predicted octanol–water partition coefficient (Wildman–Crippen LogP) is 1.32. The van der Waals surface area contributed by atoms with Gasteiger partial charge in [-0.15, -0.1) is 0 Å². The Balaban J connectivity index is 2.34. The van der Waals surface area contributed by atoms with Crippen LogP contribution in [0.5, 0.6) is 0 Å². The minimum absolute atomic E-state index is 0.576. The van der Waals surface area contributed by atoms with Gasteiger partial charge in [-0.3, -0.25) is 0 Å². The Labute approximate surface area is 81.8 Å². The fourth-order valence-corrected chi connectivity index (χ4v) is 1.15. The van der Waals surface area contributed by atoms with Crippen molar-refractivity contribution in [2.75, 3.05) is 0 Å². The van der Waals surface area contributed by atoms with E-state index in [0.29, 0.717) is 5.69 Å². The van der Waals surface area contributed by atoms with Gasteiger partial charge in [0.1, 0.15) is 5.69 Å². The van der Waals surface area contributed by atoms with Crippen molar-refractivity contribution >= 4 is 0 Å². The van der Waals surface area contributed by atoms with Gasteiger partial charge in [0.25, 0.3) is 0 Å². The molecule has 4 nitrogen and oxygen atoms in total. The van der Waals surface area contributed by atoms with Crippen LogP contribution in [0.25, 0.3) is 5.69 Å². The first-order valence-electron chi connectivity index (χ1n) is 4.43. The summed E-state index contributed by atoms with van der Waals surface area (Å²) in [7, 11) is 0. The fraction of sp³-hybridized carbons (Fsp3) is 0.200. The number of para-hydroxylation sites is 1. The van der Waals surface area contributed by atoms with Gasteiger partial charge in [-0.05, 0) is 19.1 Å². The van der Waals surface area contributed by atoms with Gasteiger partial charge in [0.05, 0.1) is 18.0 Å². The van der Waals surface area contributed by atoms with E-state index in [1.54, 1.807) is 13.1 Å². The largest absolute Gasteiger partial charge is 0.387 e. The maximum atomic E-state index is 9.27. The van der Waals surface area contributed by atoms with Gasteiger partial charge in [-0.2, -0.15) is 15.0 Å². The number of aliphatic hydroxyl groups is 1. The first-order valence-corrected chi connectivity index (χ1v) is 4.43. The van der Waals surface area contributed by atoms with Gasteiger partial charge >= 0.3 is 0 Å². The van der Waals surface area contributed by atoms with E-state index in [1.165, 1.54) is 4.80 Å². The molecule has 14 heavy (non-hydrogen) atoms. The molecule has 0 saturated carbocycles. The maximum Gasteiger partial charge on any atom is 0.111 e. The topological polar surface area (TPSA) is 50.9 Å². The molecule has 0 aliphatic heterocycles. The zero-order chi connectivity index (χ0) is 9.97. The minimum Gasteiger partial charge on any atom is -0.387 e. The van der Waals surface area contributed by atoms with Gasteiger partial charge in [-0.1, -0.05) is 18.2 Å². The van der Waals surface area contributed by atoms with Crippen molar-refractivity contribution in [3.63, 3.8) is 0 Å². The Morgan fingerprint density at radius 1 is 1.29 bits per heavy atom. The van der Waals surface area contributed by atoms with E-state index >= 15 is 0 Å². The first kappa shape index (κ1) is 8.90. The molecular formula is C10H11N3O. The van der Waals surface area contributed by atoms with E-state index in [-0.39, 0.29) is 0 Å². The van der Waals surface area contributed by atoms with Crippen LogP contribution in [-0.4, -0.2) is 20.1 Å². The highest BCUT2D eigenvalue weighted by molar-refractivity contribution is 5.28. The quantitative estimate of drug-likeness (QED) is 0.775. The lowest BCUT2D eigenvalue weighted by atomic mass is 10.3. The van der Waals surface area contributed by atoms with Crippen LogP contribution in [0.4, 0.5) is 0 Å². The molecule has 2 rings (SSSR count). The molecule has 1 aromatic carbocycles. The number of aromatic nitrogens is 3. The second kappa shape index (κ2) is 3.59. The summed E-state index contributed by atoms with van der Waals surface area (Å²) in [5, 5.41) is 17.5. The van der Waals surface area contributed by atoms with Crippen molar-refractivity contribution in [3.05, 3.63) is 42.2 Å². The first-order chi connectivity index (χ1) is 6.77. The van der Waals surface area contributed by atoms with Gasteiger partial charge in [-0.25, -0.2) is 0 Å². The molecule has 0 bridgehead atoms. The van der Waals surface area contributed by atoms with Crippen LogP contribution >= 0.6 is 0 Å². The van der Waals surface area contributed by atoms with Gasteiger partial charge < -0.3 is 5.11 Å². The number of rotatable bonds is 2. The Bertz CT molecular complexity index is 408. The van der Waals surface area contributed by atoms with Crippen molar-refractivity contribution in [2.24, 2.45) is 0 Å². The Morgan fingerprint density at radius 2 is 2.00 bits per heavy atom. The molecule has 1 aromatic heterocycles. The number of hydrogen-bond donors (Lipinski definition) is 1. The van der Waals surface area contributed by atoms with Gasteiger partial charge in [0, 0.05) is 0 Å². The Morgan fingerprint density at radius 3 is 2.57 bits per heavy atom. The van der Waals surface area contributed by atoms with Gasteiger partial charge in [0.15, 0.2) is 0 Å². The molecule has 1 heterocycles. The third kappa shape index (κ3) is 1.65. The molecule has 0 fully saturated rings. The number of aliphatic hydroxyl groups excluding tert-OH is 1. The Hall–Kier alpha value is -1.68. The molecule has 4 heteroatoms. The van der Waals surface area contributed by atoms with Crippen LogP contribution in [0.15, 0.2) is 36.5 Å². The molecule has 2 aromatic rings. The lowest BCUT2D eigenvalue weighted by molar-refractivity contribution is 0.193. The molecular weight excluding hydrogens is 178 g/mol. The number of benzene rings is 1. The second-order valence-corrected chi connectivity index (χ2v) is 3.07. The van der Waals surface area contributed by atoms with Crippen molar-refractivity contribution in [1.29, 1.82) is 0 Å². The summed E-state index contributed by atoms with van der Waals surface area (Å²) in [5.74, 6) is 0. The average molecular weight is 189 g/mol. The highest BCUT2D eigenvalue weighted by Gasteiger charge is 2.06. The van der Waals surface area contributed by atoms with Crippen LogP contribution < -0.4 is 0 Å². The summed E-state index contributed by atoms with van der Waals surface area (Å²) < 4.78 is 0. The standard InChI is InChI=1S/C10H11N3O/c1-8(14)10-7-11-13(12-10)9-5-3-2-4-6-9/h2-8,14H,1H3/t8-/m0/s1. The molecule has 0 unspecified atom stereocenters. The summed E-state index contributed by atoms with van der Waals surface area (Å²) in [4.78, 5) is 1.50. The van der Waals surface area contributed by atoms with E-state index in [1.807, 2.05) is 30.3 Å². The van der Waals surface area contributed by atoms with E-state index in [9.17, 15) is 5.11 Å². The highest BCUT2D eigenvalue weighted by Crippen LogP contribution is 2.09. The van der Waals surface area contributed by atoms with Crippen LogP contribution in [0.1, 0.15) is 18.7 Å². The summed E-state index contributed by atoms with van der Waals surface area (Å²) in [6, 6.07) is 9.59. The molecule has 0 amide bonds. The van der Waals surface area contributed by atoms with Crippen LogP contribution in [0.3, 0.4) is 0 Å². The molecule has 0 aliphatic carbocycles. The third-order valence-corrected chi connectivity index (χ3v) is 1.92. The molecule has 72 valence electrons. The van der Waals surface area contributed by atoms with E-state index in [4.69, 9.17) is 0 Å². The Kier molecular flexibility index (Phi) is 2.28. The van der Waals surface area contributed by atoms with Crippen molar-refractivity contribution in [1.82, 2.24) is 15.0 Å².